The number of benzene rings is 2. The lowest BCUT2D eigenvalue weighted by atomic mass is 10.1. The van der Waals surface area contributed by atoms with Gasteiger partial charge in [0.15, 0.2) is 0 Å². The maximum atomic E-state index is 12.6. The number of alkyl halides is 3. The molecule has 0 unspecified atom stereocenters. The van der Waals surface area contributed by atoms with E-state index in [-0.39, 0.29) is 5.56 Å². The average Bonchev–Trinajstić information content (AvgIpc) is 2.28. The molecule has 94 valence electrons. The summed E-state index contributed by atoms with van der Waals surface area (Å²) < 4.78 is 37.8. The Kier molecular flexibility index (Phi) is 3.66. The number of hydrogen-bond donors (Lipinski definition) is 0. The van der Waals surface area contributed by atoms with Crippen LogP contribution in [-0.4, -0.2) is 0 Å². The largest absolute Gasteiger partial charge is 0.416 e. The highest BCUT2D eigenvalue weighted by Gasteiger charge is 2.32. The minimum Gasteiger partial charge on any atom is -0.166 e. The zero-order chi connectivity index (χ0) is 13.2. The molecular formula is C14H11F3S. The third-order valence-corrected chi connectivity index (χ3v) is 3.48. The zero-order valence-electron chi connectivity index (χ0n) is 9.66. The molecule has 0 nitrogen and oxygen atoms in total. The van der Waals surface area contributed by atoms with E-state index in [1.807, 2.05) is 30.3 Å². The van der Waals surface area contributed by atoms with Crippen molar-refractivity contribution in [3.05, 3.63) is 59.7 Å². The first-order valence-electron chi connectivity index (χ1n) is 5.37. The van der Waals surface area contributed by atoms with Gasteiger partial charge >= 0.3 is 6.18 Å². The molecule has 0 radical (unpaired) electrons. The third-order valence-electron chi connectivity index (χ3n) is 2.48. The van der Waals surface area contributed by atoms with Crippen LogP contribution < -0.4 is 0 Å². The fourth-order valence-electron chi connectivity index (χ4n) is 1.64. The van der Waals surface area contributed by atoms with E-state index < -0.39 is 11.7 Å². The van der Waals surface area contributed by atoms with Crippen molar-refractivity contribution in [3.8, 4) is 0 Å². The van der Waals surface area contributed by atoms with Crippen LogP contribution in [0.25, 0.3) is 0 Å². The maximum absolute atomic E-state index is 12.6. The van der Waals surface area contributed by atoms with Crippen LogP contribution in [0.5, 0.6) is 0 Å². The van der Waals surface area contributed by atoms with Crippen LogP contribution >= 0.6 is 11.8 Å². The van der Waals surface area contributed by atoms with Crippen molar-refractivity contribution in [1.82, 2.24) is 0 Å². The second-order valence-electron chi connectivity index (χ2n) is 3.89. The van der Waals surface area contributed by atoms with Crippen LogP contribution in [0.15, 0.2) is 58.3 Å². The van der Waals surface area contributed by atoms with E-state index in [9.17, 15) is 13.2 Å². The Hall–Kier alpha value is -1.42. The monoisotopic (exact) mass is 268 g/mol. The summed E-state index contributed by atoms with van der Waals surface area (Å²) in [6.45, 7) is 1.48. The van der Waals surface area contributed by atoms with Gasteiger partial charge in [-0.3, -0.25) is 0 Å². The summed E-state index contributed by atoms with van der Waals surface area (Å²) in [5.74, 6) is 0. The Labute approximate surface area is 108 Å². The molecule has 0 N–H and O–H groups in total. The molecule has 18 heavy (non-hydrogen) atoms. The minimum absolute atomic E-state index is 0.253. The Bertz CT molecular complexity index is 532. The van der Waals surface area contributed by atoms with Crippen molar-refractivity contribution in [2.45, 2.75) is 22.9 Å². The van der Waals surface area contributed by atoms with Crippen molar-refractivity contribution in [1.29, 1.82) is 0 Å². The van der Waals surface area contributed by atoms with E-state index in [1.54, 1.807) is 6.07 Å². The standard InChI is InChI=1S/C14H11F3S/c1-10-9-12(7-8-13(10)14(15,16)17)18-11-5-3-2-4-6-11/h2-9H,1H3. The first-order chi connectivity index (χ1) is 8.47. The molecule has 0 aliphatic carbocycles. The lowest BCUT2D eigenvalue weighted by molar-refractivity contribution is -0.138. The van der Waals surface area contributed by atoms with Crippen molar-refractivity contribution < 1.29 is 13.2 Å². The van der Waals surface area contributed by atoms with Crippen LogP contribution in [0.3, 0.4) is 0 Å². The highest BCUT2D eigenvalue weighted by atomic mass is 32.2. The molecule has 2 rings (SSSR count). The Morgan fingerprint density at radius 1 is 0.889 bits per heavy atom. The molecule has 0 saturated carbocycles. The summed E-state index contributed by atoms with van der Waals surface area (Å²) in [6, 6.07) is 13.8. The summed E-state index contributed by atoms with van der Waals surface area (Å²) in [4.78, 5) is 1.82. The quantitative estimate of drug-likeness (QED) is 0.724. The predicted molar refractivity (Wildman–Crippen MR) is 66.7 cm³/mol. The first-order valence-corrected chi connectivity index (χ1v) is 6.19. The summed E-state index contributed by atoms with van der Waals surface area (Å²) in [5, 5.41) is 0. The topological polar surface area (TPSA) is 0 Å². The summed E-state index contributed by atoms with van der Waals surface area (Å²) in [7, 11) is 0. The number of hydrogen-bond acceptors (Lipinski definition) is 1. The normalized spacial score (nSPS) is 11.6. The Morgan fingerprint density at radius 3 is 2.11 bits per heavy atom. The Balaban J connectivity index is 2.25. The third kappa shape index (κ3) is 3.07. The van der Waals surface area contributed by atoms with Gasteiger partial charge in [-0.15, -0.1) is 0 Å². The van der Waals surface area contributed by atoms with Crippen LogP contribution in [0.4, 0.5) is 13.2 Å². The summed E-state index contributed by atoms with van der Waals surface area (Å²) >= 11 is 1.45. The van der Waals surface area contributed by atoms with Gasteiger partial charge in [0.1, 0.15) is 0 Å². The second kappa shape index (κ2) is 5.06. The van der Waals surface area contributed by atoms with Crippen LogP contribution in [-0.2, 0) is 6.18 Å². The molecule has 0 aliphatic heterocycles. The molecule has 0 spiro atoms. The van der Waals surface area contributed by atoms with Gasteiger partial charge in [-0.05, 0) is 42.8 Å². The highest BCUT2D eigenvalue weighted by molar-refractivity contribution is 7.99. The zero-order valence-corrected chi connectivity index (χ0v) is 10.5. The molecule has 2 aromatic rings. The highest BCUT2D eigenvalue weighted by Crippen LogP contribution is 2.35. The molecule has 0 saturated heterocycles. The van der Waals surface area contributed by atoms with E-state index in [0.717, 1.165) is 15.9 Å². The molecule has 4 heteroatoms. The number of halogens is 3. The van der Waals surface area contributed by atoms with E-state index in [0.29, 0.717) is 0 Å². The fraction of sp³-hybridized carbons (Fsp3) is 0.143. The number of rotatable bonds is 2. The van der Waals surface area contributed by atoms with Gasteiger partial charge in [0.25, 0.3) is 0 Å². The molecule has 0 fully saturated rings. The molecular weight excluding hydrogens is 257 g/mol. The van der Waals surface area contributed by atoms with Crippen molar-refractivity contribution in [3.63, 3.8) is 0 Å². The van der Waals surface area contributed by atoms with Crippen molar-refractivity contribution in [2.24, 2.45) is 0 Å². The van der Waals surface area contributed by atoms with E-state index in [2.05, 4.69) is 0 Å². The fourth-order valence-corrected chi connectivity index (χ4v) is 2.58. The van der Waals surface area contributed by atoms with Gasteiger partial charge < -0.3 is 0 Å². The smallest absolute Gasteiger partial charge is 0.166 e. The van der Waals surface area contributed by atoms with Gasteiger partial charge in [-0.25, -0.2) is 0 Å². The van der Waals surface area contributed by atoms with Gasteiger partial charge in [0.2, 0.25) is 0 Å². The molecule has 0 heterocycles. The lowest BCUT2D eigenvalue weighted by Crippen LogP contribution is -2.07. The van der Waals surface area contributed by atoms with Crippen LogP contribution in [0, 0.1) is 6.92 Å². The van der Waals surface area contributed by atoms with Gasteiger partial charge in [-0.2, -0.15) is 13.2 Å². The molecule has 0 amide bonds. The summed E-state index contributed by atoms with van der Waals surface area (Å²) in [6.07, 6.45) is -4.28. The van der Waals surface area contributed by atoms with Gasteiger partial charge in [0, 0.05) is 9.79 Å². The van der Waals surface area contributed by atoms with E-state index in [1.165, 1.54) is 24.8 Å². The van der Waals surface area contributed by atoms with Gasteiger partial charge in [-0.1, -0.05) is 30.0 Å². The number of aryl methyl sites for hydroxylation is 1. The average molecular weight is 268 g/mol. The van der Waals surface area contributed by atoms with Crippen LogP contribution in [0.1, 0.15) is 11.1 Å². The van der Waals surface area contributed by atoms with E-state index >= 15 is 0 Å². The van der Waals surface area contributed by atoms with Crippen molar-refractivity contribution >= 4 is 11.8 Å². The molecule has 0 atom stereocenters. The van der Waals surface area contributed by atoms with E-state index in [4.69, 9.17) is 0 Å². The lowest BCUT2D eigenvalue weighted by Gasteiger charge is -2.11. The minimum atomic E-state index is -4.28. The molecule has 0 aromatic heterocycles. The molecule has 0 bridgehead atoms. The summed E-state index contributed by atoms with van der Waals surface area (Å²) in [5.41, 5.74) is -0.316. The molecule has 2 aromatic carbocycles. The molecule has 0 aliphatic rings. The predicted octanol–water partition coefficient (Wildman–Crippen LogP) is 5.17. The van der Waals surface area contributed by atoms with Crippen molar-refractivity contribution in [2.75, 3.05) is 0 Å². The SMILES string of the molecule is Cc1cc(Sc2ccccc2)ccc1C(F)(F)F. The second-order valence-corrected chi connectivity index (χ2v) is 5.04. The first kappa shape index (κ1) is 13.0. The Morgan fingerprint density at radius 2 is 1.56 bits per heavy atom. The van der Waals surface area contributed by atoms with Gasteiger partial charge in [0.05, 0.1) is 5.56 Å². The maximum Gasteiger partial charge on any atom is 0.416 e. The van der Waals surface area contributed by atoms with Crippen LogP contribution in [0.2, 0.25) is 0 Å².